The zero-order valence-corrected chi connectivity index (χ0v) is 23.8. The first-order chi connectivity index (χ1) is 19.8. The number of methoxy groups -OCH3 is 2. The van der Waals surface area contributed by atoms with Crippen LogP contribution in [0.2, 0.25) is 0 Å². The van der Waals surface area contributed by atoms with E-state index in [1.165, 1.54) is 0 Å². The Kier molecular flexibility index (Phi) is 8.10. The summed E-state index contributed by atoms with van der Waals surface area (Å²) in [5, 5.41) is 10.2. The summed E-state index contributed by atoms with van der Waals surface area (Å²) < 4.78 is 42.8. The summed E-state index contributed by atoms with van der Waals surface area (Å²) in [6, 6.07) is 32.2. The van der Waals surface area contributed by atoms with Crippen molar-refractivity contribution in [3.8, 4) is 45.3 Å². The first-order valence-electron chi connectivity index (χ1n) is 13.0. The highest BCUT2D eigenvalue weighted by Crippen LogP contribution is 2.38. The molecule has 5 aromatic carbocycles. The molecular formula is C34H30O6S. The number of rotatable bonds is 9. The van der Waals surface area contributed by atoms with E-state index in [0.29, 0.717) is 17.2 Å². The average molecular weight is 567 g/mol. The van der Waals surface area contributed by atoms with Gasteiger partial charge in [0.25, 0.3) is 0 Å². The molecule has 0 aromatic heterocycles. The molecule has 0 saturated heterocycles. The van der Waals surface area contributed by atoms with Crippen LogP contribution in [0.25, 0.3) is 22.3 Å². The average Bonchev–Trinajstić information content (AvgIpc) is 3.01. The number of sulfone groups is 1. The van der Waals surface area contributed by atoms with Crippen LogP contribution in [0.5, 0.6) is 23.0 Å². The maximum atomic E-state index is 12.9. The summed E-state index contributed by atoms with van der Waals surface area (Å²) in [7, 11) is -0.360. The third kappa shape index (κ3) is 5.96. The lowest BCUT2D eigenvalue weighted by Gasteiger charge is -2.16. The van der Waals surface area contributed by atoms with Crippen molar-refractivity contribution in [2.45, 2.75) is 23.3 Å². The molecule has 5 aromatic rings. The minimum Gasteiger partial charge on any atom is -0.497 e. The zero-order chi connectivity index (χ0) is 29.0. The topological polar surface area (TPSA) is 82.1 Å². The van der Waals surface area contributed by atoms with E-state index in [1.54, 1.807) is 62.8 Å². The van der Waals surface area contributed by atoms with Crippen molar-refractivity contribution in [3.05, 3.63) is 120 Å². The maximum absolute atomic E-state index is 12.9. The molecule has 7 heteroatoms. The van der Waals surface area contributed by atoms with E-state index in [0.717, 1.165) is 39.1 Å². The predicted molar refractivity (Wildman–Crippen MR) is 159 cm³/mol. The van der Waals surface area contributed by atoms with Gasteiger partial charge in [-0.2, -0.15) is 0 Å². The van der Waals surface area contributed by atoms with E-state index in [2.05, 4.69) is 0 Å². The van der Waals surface area contributed by atoms with Crippen molar-refractivity contribution in [2.24, 2.45) is 0 Å². The number of aliphatic hydroxyl groups is 1. The Morgan fingerprint density at radius 2 is 1.10 bits per heavy atom. The number of benzene rings is 5. The smallest absolute Gasteiger partial charge is 0.206 e. The number of hydrogen-bond donors (Lipinski definition) is 1. The molecule has 0 bridgehead atoms. The molecule has 0 amide bonds. The zero-order valence-electron chi connectivity index (χ0n) is 23.0. The summed E-state index contributed by atoms with van der Waals surface area (Å²) in [4.78, 5) is 0.455. The van der Waals surface area contributed by atoms with Gasteiger partial charge in [-0.25, -0.2) is 8.42 Å². The molecule has 1 N–H and O–H groups in total. The lowest BCUT2D eigenvalue weighted by Crippen LogP contribution is -2.01. The van der Waals surface area contributed by atoms with Gasteiger partial charge in [0.05, 0.1) is 30.6 Å². The minimum atomic E-state index is -3.61. The highest BCUT2D eigenvalue weighted by Gasteiger charge is 2.18. The van der Waals surface area contributed by atoms with Crippen LogP contribution in [-0.4, -0.2) is 27.7 Å². The van der Waals surface area contributed by atoms with Crippen LogP contribution in [0.4, 0.5) is 0 Å². The van der Waals surface area contributed by atoms with Crippen LogP contribution in [0.3, 0.4) is 0 Å². The van der Waals surface area contributed by atoms with Gasteiger partial charge < -0.3 is 19.3 Å². The molecule has 0 radical (unpaired) electrons. The molecular weight excluding hydrogens is 536 g/mol. The molecule has 0 atom stereocenters. The molecule has 6 nitrogen and oxygen atoms in total. The van der Waals surface area contributed by atoms with E-state index >= 15 is 0 Å². The SMILES string of the molecule is COc1ccc(-c2cc(CO)c(-c3ccc(Oc4ccc(S(=O)(=O)c5ccc(C)cc5)cc4)cc3)cc2OC)cc1. The quantitative estimate of drug-likeness (QED) is 0.199. The normalized spacial score (nSPS) is 11.2. The minimum absolute atomic E-state index is 0.140. The fraction of sp³-hybridized carbons (Fsp3) is 0.118. The van der Waals surface area contributed by atoms with Crippen LogP contribution in [0, 0.1) is 6.92 Å². The Labute approximate surface area is 240 Å². The van der Waals surface area contributed by atoms with Crippen LogP contribution in [-0.2, 0) is 16.4 Å². The lowest BCUT2D eigenvalue weighted by molar-refractivity contribution is 0.282. The summed E-state index contributed by atoms with van der Waals surface area (Å²) >= 11 is 0. The van der Waals surface area contributed by atoms with Gasteiger partial charge in [-0.1, -0.05) is 42.0 Å². The third-order valence-electron chi connectivity index (χ3n) is 6.86. The molecule has 0 fully saturated rings. The number of ether oxygens (including phenoxy) is 3. The molecule has 0 heterocycles. The van der Waals surface area contributed by atoms with Crippen molar-refractivity contribution in [1.29, 1.82) is 0 Å². The first-order valence-corrected chi connectivity index (χ1v) is 14.5. The van der Waals surface area contributed by atoms with Gasteiger partial charge in [-0.3, -0.25) is 0 Å². The standard InChI is InChI=1S/C34H30O6S/c1-23-4-16-30(17-5-23)41(36,37)31-18-14-29(15-19-31)40-28-12-8-24(9-13-28)32-21-34(39-3)33(20-26(32)22-35)25-6-10-27(38-2)11-7-25/h4-21,35H,22H2,1-3H3. The first kappa shape index (κ1) is 28.0. The fourth-order valence-electron chi connectivity index (χ4n) is 4.57. The van der Waals surface area contributed by atoms with E-state index in [4.69, 9.17) is 14.2 Å². The van der Waals surface area contributed by atoms with E-state index < -0.39 is 9.84 Å². The second-order valence-corrected chi connectivity index (χ2v) is 11.5. The molecule has 0 saturated carbocycles. The van der Waals surface area contributed by atoms with Crippen molar-refractivity contribution in [2.75, 3.05) is 14.2 Å². The number of aryl methyl sites for hydroxylation is 1. The highest BCUT2D eigenvalue weighted by atomic mass is 32.2. The maximum Gasteiger partial charge on any atom is 0.206 e. The molecule has 0 spiro atoms. The van der Waals surface area contributed by atoms with Gasteiger partial charge in [0.15, 0.2) is 0 Å². The molecule has 0 unspecified atom stereocenters. The van der Waals surface area contributed by atoms with Gasteiger partial charge >= 0.3 is 0 Å². The second-order valence-electron chi connectivity index (χ2n) is 9.51. The summed E-state index contributed by atoms with van der Waals surface area (Å²) in [6.45, 7) is 1.77. The van der Waals surface area contributed by atoms with Crippen molar-refractivity contribution in [3.63, 3.8) is 0 Å². The highest BCUT2D eigenvalue weighted by molar-refractivity contribution is 7.91. The Morgan fingerprint density at radius 1 is 0.610 bits per heavy atom. The largest absolute Gasteiger partial charge is 0.497 e. The molecule has 41 heavy (non-hydrogen) atoms. The van der Waals surface area contributed by atoms with Crippen molar-refractivity contribution >= 4 is 9.84 Å². The van der Waals surface area contributed by atoms with Crippen molar-refractivity contribution < 1.29 is 27.7 Å². The Balaban J connectivity index is 1.36. The van der Waals surface area contributed by atoms with E-state index in [1.807, 2.05) is 67.6 Å². The van der Waals surface area contributed by atoms with Gasteiger partial charge in [-0.15, -0.1) is 0 Å². The molecule has 5 rings (SSSR count). The van der Waals surface area contributed by atoms with Gasteiger partial charge in [0, 0.05) is 5.56 Å². The van der Waals surface area contributed by atoms with Crippen LogP contribution < -0.4 is 14.2 Å². The predicted octanol–water partition coefficient (Wildman–Crippen LogP) is 7.46. The van der Waals surface area contributed by atoms with Crippen LogP contribution >= 0.6 is 0 Å². The molecule has 208 valence electrons. The monoisotopic (exact) mass is 566 g/mol. The van der Waals surface area contributed by atoms with Crippen LogP contribution in [0.1, 0.15) is 11.1 Å². The molecule has 0 aliphatic heterocycles. The lowest BCUT2D eigenvalue weighted by atomic mass is 9.94. The Hall–Kier alpha value is -4.59. The second kappa shape index (κ2) is 11.9. The number of hydrogen-bond acceptors (Lipinski definition) is 6. The summed E-state index contributed by atoms with van der Waals surface area (Å²) in [5.41, 5.74) is 5.31. The Bertz CT molecular complexity index is 1740. The van der Waals surface area contributed by atoms with Crippen molar-refractivity contribution in [1.82, 2.24) is 0 Å². The van der Waals surface area contributed by atoms with Gasteiger partial charge in [0.1, 0.15) is 23.0 Å². The summed E-state index contributed by atoms with van der Waals surface area (Å²) in [5.74, 6) is 2.55. The van der Waals surface area contributed by atoms with Crippen LogP contribution in [0.15, 0.2) is 119 Å². The Morgan fingerprint density at radius 3 is 1.61 bits per heavy atom. The van der Waals surface area contributed by atoms with Gasteiger partial charge in [-0.05, 0) is 102 Å². The van der Waals surface area contributed by atoms with E-state index in [9.17, 15) is 13.5 Å². The molecule has 0 aliphatic rings. The third-order valence-corrected chi connectivity index (χ3v) is 8.65. The van der Waals surface area contributed by atoms with E-state index in [-0.39, 0.29) is 16.4 Å². The number of aliphatic hydroxyl groups excluding tert-OH is 1. The van der Waals surface area contributed by atoms with Gasteiger partial charge in [0.2, 0.25) is 9.84 Å². The fourth-order valence-corrected chi connectivity index (χ4v) is 5.83. The molecule has 0 aliphatic carbocycles. The summed E-state index contributed by atoms with van der Waals surface area (Å²) in [6.07, 6.45) is 0.